The minimum absolute atomic E-state index is 0.0489. The van der Waals surface area contributed by atoms with Gasteiger partial charge in [-0.15, -0.1) is 0 Å². The summed E-state index contributed by atoms with van der Waals surface area (Å²) < 4.78 is 13.9. The lowest BCUT2D eigenvalue weighted by Crippen LogP contribution is -2.22. The van der Waals surface area contributed by atoms with Crippen LogP contribution in [0.2, 0.25) is 0 Å². The molecule has 1 heterocycles. The smallest absolute Gasteiger partial charge is 0.248 e. The molecule has 0 fully saturated rings. The number of aromatic amines is 1. The van der Waals surface area contributed by atoms with Gasteiger partial charge in [-0.25, -0.2) is 4.39 Å². The van der Waals surface area contributed by atoms with E-state index in [1.807, 2.05) is 19.1 Å². The first-order valence-electron chi connectivity index (χ1n) is 6.88. The molecule has 1 aliphatic carbocycles. The van der Waals surface area contributed by atoms with E-state index >= 15 is 0 Å². The number of hydrogen-bond acceptors (Lipinski definition) is 2. The molecule has 0 amide bonds. The van der Waals surface area contributed by atoms with Gasteiger partial charge in [0.15, 0.2) is 0 Å². The Bertz CT molecular complexity index is 693. The number of pyridine rings is 1. The molecule has 1 aromatic carbocycles. The molecule has 2 N–H and O–H groups in total. The summed E-state index contributed by atoms with van der Waals surface area (Å²) >= 11 is 0. The molecule has 0 bridgehead atoms. The predicted molar refractivity (Wildman–Crippen MR) is 77.5 cm³/mol. The molecule has 1 aliphatic rings. The molecule has 4 heteroatoms. The van der Waals surface area contributed by atoms with Crippen LogP contribution < -0.4 is 10.9 Å². The lowest BCUT2D eigenvalue weighted by Gasteiger charge is -2.27. The Kier molecular flexibility index (Phi) is 3.30. The second-order valence-electron chi connectivity index (χ2n) is 5.33. The third-order valence-electron chi connectivity index (χ3n) is 3.79. The van der Waals surface area contributed by atoms with Crippen molar-refractivity contribution in [3.05, 3.63) is 63.3 Å². The van der Waals surface area contributed by atoms with Crippen molar-refractivity contribution in [2.45, 2.75) is 32.2 Å². The van der Waals surface area contributed by atoms with E-state index in [-0.39, 0.29) is 17.4 Å². The van der Waals surface area contributed by atoms with Crippen molar-refractivity contribution in [2.75, 3.05) is 5.32 Å². The molecule has 3 nitrogen and oxygen atoms in total. The Labute approximate surface area is 116 Å². The number of nitrogens with one attached hydrogen (secondary N) is 2. The average Bonchev–Trinajstić information content (AvgIpc) is 2.41. The number of benzene rings is 1. The van der Waals surface area contributed by atoms with Crippen LogP contribution in [0, 0.1) is 12.7 Å². The van der Waals surface area contributed by atoms with Gasteiger partial charge in [0.25, 0.3) is 0 Å². The highest BCUT2D eigenvalue weighted by Gasteiger charge is 2.21. The SMILES string of the molecule is Cc1ccc(NC2CCCc3[nH]c(=O)ccc32)c(F)c1. The van der Waals surface area contributed by atoms with Gasteiger partial charge < -0.3 is 10.3 Å². The van der Waals surface area contributed by atoms with Crippen LogP contribution in [-0.4, -0.2) is 4.98 Å². The predicted octanol–water partition coefficient (Wildman–Crippen LogP) is 3.31. The summed E-state index contributed by atoms with van der Waals surface area (Å²) in [5.74, 6) is -0.235. The molecule has 2 aromatic rings. The Balaban J connectivity index is 1.91. The molecule has 1 atom stereocenters. The third kappa shape index (κ3) is 2.46. The molecule has 1 unspecified atom stereocenters. The van der Waals surface area contributed by atoms with Crippen molar-refractivity contribution >= 4 is 5.69 Å². The molecular formula is C16H17FN2O. The lowest BCUT2D eigenvalue weighted by molar-refractivity contribution is 0.576. The average molecular weight is 272 g/mol. The van der Waals surface area contributed by atoms with Crippen LogP contribution in [-0.2, 0) is 6.42 Å². The van der Waals surface area contributed by atoms with Gasteiger partial charge in [0.2, 0.25) is 5.56 Å². The van der Waals surface area contributed by atoms with Gasteiger partial charge >= 0.3 is 0 Å². The van der Waals surface area contributed by atoms with Gasteiger partial charge in [-0.05, 0) is 55.5 Å². The summed E-state index contributed by atoms with van der Waals surface area (Å²) in [6.07, 6.45) is 2.80. The van der Waals surface area contributed by atoms with Gasteiger partial charge in [-0.2, -0.15) is 0 Å². The highest BCUT2D eigenvalue weighted by Crippen LogP contribution is 2.31. The van der Waals surface area contributed by atoms with E-state index in [0.717, 1.165) is 36.1 Å². The summed E-state index contributed by atoms with van der Waals surface area (Å²) in [4.78, 5) is 14.2. The maximum Gasteiger partial charge on any atom is 0.248 e. The van der Waals surface area contributed by atoms with E-state index in [1.165, 1.54) is 12.1 Å². The van der Waals surface area contributed by atoms with E-state index in [0.29, 0.717) is 5.69 Å². The maximum atomic E-state index is 13.9. The molecule has 20 heavy (non-hydrogen) atoms. The normalized spacial score (nSPS) is 17.6. The van der Waals surface area contributed by atoms with Crippen molar-refractivity contribution in [3.8, 4) is 0 Å². The third-order valence-corrected chi connectivity index (χ3v) is 3.79. The molecule has 1 aromatic heterocycles. The fourth-order valence-corrected chi connectivity index (χ4v) is 2.78. The fraction of sp³-hybridized carbons (Fsp3) is 0.312. The molecule has 3 rings (SSSR count). The highest BCUT2D eigenvalue weighted by molar-refractivity contribution is 5.49. The molecule has 0 aliphatic heterocycles. The van der Waals surface area contributed by atoms with Crippen LogP contribution in [0.1, 0.15) is 35.7 Å². The van der Waals surface area contributed by atoms with Gasteiger partial charge in [-0.1, -0.05) is 6.07 Å². The van der Waals surface area contributed by atoms with Gasteiger partial charge in [0, 0.05) is 11.8 Å². The standard InChI is InChI=1S/C16H17FN2O/c1-10-5-7-15(12(17)9-10)18-13-3-2-4-14-11(13)6-8-16(20)19-14/h5-9,13,18H,2-4H2,1H3,(H,19,20). The molecule has 0 radical (unpaired) electrons. The zero-order valence-electron chi connectivity index (χ0n) is 11.4. The zero-order chi connectivity index (χ0) is 14.1. The Morgan fingerprint density at radius 3 is 2.95 bits per heavy atom. The van der Waals surface area contributed by atoms with Crippen molar-refractivity contribution in [3.63, 3.8) is 0 Å². The summed E-state index contributed by atoms with van der Waals surface area (Å²) in [6, 6.07) is 8.61. The van der Waals surface area contributed by atoms with Crippen LogP contribution >= 0.6 is 0 Å². The topological polar surface area (TPSA) is 44.9 Å². The first-order valence-corrected chi connectivity index (χ1v) is 6.88. The zero-order valence-corrected chi connectivity index (χ0v) is 11.4. The Morgan fingerprint density at radius 1 is 1.30 bits per heavy atom. The quantitative estimate of drug-likeness (QED) is 0.881. The maximum absolute atomic E-state index is 13.9. The van der Waals surface area contributed by atoms with Crippen molar-refractivity contribution in [1.29, 1.82) is 0 Å². The van der Waals surface area contributed by atoms with Crippen LogP contribution in [0.15, 0.2) is 35.1 Å². The number of halogens is 1. The fourth-order valence-electron chi connectivity index (χ4n) is 2.78. The summed E-state index contributed by atoms with van der Waals surface area (Å²) in [5.41, 5.74) is 3.37. The molecule has 0 saturated carbocycles. The summed E-state index contributed by atoms with van der Waals surface area (Å²) in [5, 5.41) is 3.25. The number of aryl methyl sites for hydroxylation is 2. The largest absolute Gasteiger partial charge is 0.376 e. The van der Waals surface area contributed by atoms with Crippen LogP contribution in [0.5, 0.6) is 0 Å². The van der Waals surface area contributed by atoms with E-state index in [9.17, 15) is 9.18 Å². The van der Waals surface area contributed by atoms with Crippen LogP contribution in [0.3, 0.4) is 0 Å². The van der Waals surface area contributed by atoms with Crippen molar-refractivity contribution in [1.82, 2.24) is 4.98 Å². The number of fused-ring (bicyclic) bond motifs is 1. The van der Waals surface area contributed by atoms with Gasteiger partial charge in [0.1, 0.15) is 5.82 Å². The molecule has 0 saturated heterocycles. The second-order valence-corrected chi connectivity index (χ2v) is 5.33. The number of aromatic nitrogens is 1. The van der Waals surface area contributed by atoms with Gasteiger partial charge in [0.05, 0.1) is 11.7 Å². The Morgan fingerprint density at radius 2 is 2.15 bits per heavy atom. The van der Waals surface area contributed by atoms with Crippen molar-refractivity contribution < 1.29 is 4.39 Å². The minimum atomic E-state index is -0.235. The van der Waals surface area contributed by atoms with Crippen LogP contribution in [0.4, 0.5) is 10.1 Å². The number of hydrogen-bond donors (Lipinski definition) is 2. The molecular weight excluding hydrogens is 255 g/mol. The molecule has 104 valence electrons. The molecule has 0 spiro atoms. The monoisotopic (exact) mass is 272 g/mol. The van der Waals surface area contributed by atoms with E-state index in [1.54, 1.807) is 6.07 Å². The first kappa shape index (κ1) is 12.9. The minimum Gasteiger partial charge on any atom is -0.376 e. The summed E-state index contributed by atoms with van der Waals surface area (Å²) in [6.45, 7) is 1.87. The van der Waals surface area contributed by atoms with Crippen molar-refractivity contribution in [2.24, 2.45) is 0 Å². The number of anilines is 1. The highest BCUT2D eigenvalue weighted by atomic mass is 19.1. The lowest BCUT2D eigenvalue weighted by atomic mass is 9.91. The second kappa shape index (κ2) is 5.12. The van der Waals surface area contributed by atoms with E-state index in [2.05, 4.69) is 10.3 Å². The number of H-pyrrole nitrogens is 1. The van der Waals surface area contributed by atoms with E-state index in [4.69, 9.17) is 0 Å². The Hall–Kier alpha value is -2.10. The first-order chi connectivity index (χ1) is 9.63. The number of rotatable bonds is 2. The van der Waals surface area contributed by atoms with Crippen LogP contribution in [0.25, 0.3) is 0 Å². The van der Waals surface area contributed by atoms with E-state index < -0.39 is 0 Å². The van der Waals surface area contributed by atoms with Gasteiger partial charge in [-0.3, -0.25) is 4.79 Å². The summed E-state index contributed by atoms with van der Waals surface area (Å²) in [7, 11) is 0.